The van der Waals surface area contributed by atoms with Crippen molar-refractivity contribution >= 4 is 16.9 Å². The largest absolute Gasteiger partial charge is 0.334 e. The second-order valence-electron chi connectivity index (χ2n) is 6.10. The van der Waals surface area contributed by atoms with Gasteiger partial charge in [-0.15, -0.1) is 0 Å². The molecule has 0 aliphatic carbocycles. The first-order valence-electron chi connectivity index (χ1n) is 7.95. The van der Waals surface area contributed by atoms with Crippen LogP contribution in [0.3, 0.4) is 0 Å². The minimum atomic E-state index is 0.0726. The van der Waals surface area contributed by atoms with E-state index in [1.165, 1.54) is 0 Å². The van der Waals surface area contributed by atoms with E-state index < -0.39 is 0 Å². The third-order valence-electron chi connectivity index (χ3n) is 4.64. The predicted octanol–water partition coefficient (Wildman–Crippen LogP) is 2.66. The normalized spacial score (nSPS) is 18.5. The highest BCUT2D eigenvalue weighted by molar-refractivity contribution is 5.97. The van der Waals surface area contributed by atoms with Gasteiger partial charge >= 0.3 is 0 Å². The van der Waals surface area contributed by atoms with Crippen molar-refractivity contribution in [3.8, 4) is 0 Å². The number of nitrogens with one attached hydrogen (secondary N) is 1. The average molecular weight is 309 g/mol. The standard InChI is InChI=1S/C17H19N5O/c1-21-11-18-14-8-12(5-6-16(14)21)17(23)22-7-3-2-4-15(22)13-9-19-20-10-13/h5-6,8-11,15H,2-4,7H2,1H3,(H,19,20). The number of carbonyl (C=O) groups is 1. The van der Waals surface area contributed by atoms with Crippen LogP contribution in [0, 0.1) is 0 Å². The van der Waals surface area contributed by atoms with Crippen LogP contribution in [0.4, 0.5) is 0 Å². The molecule has 2 aromatic heterocycles. The van der Waals surface area contributed by atoms with Crippen LogP contribution >= 0.6 is 0 Å². The molecule has 118 valence electrons. The molecular weight excluding hydrogens is 290 g/mol. The molecular formula is C17H19N5O. The predicted molar refractivity (Wildman–Crippen MR) is 86.9 cm³/mol. The molecule has 0 bridgehead atoms. The monoisotopic (exact) mass is 309 g/mol. The number of aromatic amines is 1. The maximum atomic E-state index is 13.0. The molecule has 1 aliphatic rings. The maximum absolute atomic E-state index is 13.0. The Labute approximate surface area is 134 Å². The minimum absolute atomic E-state index is 0.0726. The summed E-state index contributed by atoms with van der Waals surface area (Å²) < 4.78 is 1.96. The first-order chi connectivity index (χ1) is 11.2. The lowest BCUT2D eigenvalue weighted by molar-refractivity contribution is 0.0612. The third-order valence-corrected chi connectivity index (χ3v) is 4.64. The summed E-state index contributed by atoms with van der Waals surface area (Å²) in [5.41, 5.74) is 3.67. The number of carbonyl (C=O) groups excluding carboxylic acids is 1. The number of amides is 1. The van der Waals surface area contributed by atoms with Crippen LogP contribution in [0.5, 0.6) is 0 Å². The van der Waals surface area contributed by atoms with Gasteiger partial charge in [0.1, 0.15) is 0 Å². The molecule has 0 spiro atoms. The molecule has 3 aromatic rings. The molecule has 1 aliphatic heterocycles. The van der Waals surface area contributed by atoms with Crippen molar-refractivity contribution in [3.05, 3.63) is 48.0 Å². The Bertz CT molecular complexity index is 836. The highest BCUT2D eigenvalue weighted by Gasteiger charge is 2.29. The number of aryl methyl sites for hydroxylation is 1. The summed E-state index contributed by atoms with van der Waals surface area (Å²) in [5.74, 6) is 0.0726. The highest BCUT2D eigenvalue weighted by atomic mass is 16.2. The van der Waals surface area contributed by atoms with Crippen molar-refractivity contribution in [2.75, 3.05) is 6.54 Å². The van der Waals surface area contributed by atoms with Gasteiger partial charge in [-0.1, -0.05) is 0 Å². The summed E-state index contributed by atoms with van der Waals surface area (Å²) >= 11 is 0. The van der Waals surface area contributed by atoms with E-state index in [1.54, 1.807) is 6.33 Å². The van der Waals surface area contributed by atoms with Crippen LogP contribution in [0.15, 0.2) is 36.9 Å². The zero-order valence-electron chi connectivity index (χ0n) is 13.1. The molecule has 1 unspecified atom stereocenters. The van der Waals surface area contributed by atoms with Crippen molar-refractivity contribution < 1.29 is 4.79 Å². The van der Waals surface area contributed by atoms with E-state index in [2.05, 4.69) is 15.2 Å². The number of H-pyrrole nitrogens is 1. The fraction of sp³-hybridized carbons (Fsp3) is 0.353. The summed E-state index contributed by atoms with van der Waals surface area (Å²) in [6.45, 7) is 0.787. The lowest BCUT2D eigenvalue weighted by atomic mass is 9.96. The number of hydrogen-bond acceptors (Lipinski definition) is 3. The summed E-state index contributed by atoms with van der Waals surface area (Å²) in [7, 11) is 1.95. The molecule has 0 saturated carbocycles. The van der Waals surface area contributed by atoms with Gasteiger partial charge in [-0.2, -0.15) is 5.10 Å². The van der Waals surface area contributed by atoms with Crippen LogP contribution in [0.2, 0.25) is 0 Å². The van der Waals surface area contributed by atoms with Crippen molar-refractivity contribution in [1.82, 2.24) is 24.6 Å². The molecule has 3 heterocycles. The topological polar surface area (TPSA) is 66.8 Å². The molecule has 1 fully saturated rings. The summed E-state index contributed by atoms with van der Waals surface area (Å²) in [6.07, 6.45) is 8.65. The molecule has 1 saturated heterocycles. The molecule has 0 radical (unpaired) electrons. The van der Waals surface area contributed by atoms with Gasteiger partial charge in [-0.25, -0.2) is 4.98 Å². The molecule has 6 heteroatoms. The molecule has 1 N–H and O–H groups in total. The van der Waals surface area contributed by atoms with E-state index in [9.17, 15) is 4.79 Å². The van der Waals surface area contributed by atoms with Crippen LogP contribution in [-0.2, 0) is 7.05 Å². The Hall–Kier alpha value is -2.63. The van der Waals surface area contributed by atoms with E-state index in [1.807, 2.05) is 47.1 Å². The van der Waals surface area contributed by atoms with E-state index in [-0.39, 0.29) is 11.9 Å². The first kappa shape index (κ1) is 14.0. The van der Waals surface area contributed by atoms with Gasteiger partial charge in [-0.05, 0) is 37.5 Å². The van der Waals surface area contributed by atoms with Crippen LogP contribution in [-0.4, -0.2) is 37.1 Å². The molecule has 1 aromatic carbocycles. The Balaban J connectivity index is 1.67. The number of likely N-dealkylation sites (tertiary alicyclic amines) is 1. The number of nitrogens with zero attached hydrogens (tertiary/aromatic N) is 4. The second kappa shape index (κ2) is 5.53. The fourth-order valence-electron chi connectivity index (χ4n) is 3.40. The van der Waals surface area contributed by atoms with Gasteiger partial charge in [0, 0.05) is 30.9 Å². The van der Waals surface area contributed by atoms with Gasteiger partial charge in [-0.3, -0.25) is 9.89 Å². The molecule has 4 rings (SSSR count). The first-order valence-corrected chi connectivity index (χ1v) is 7.95. The van der Waals surface area contributed by atoms with Gasteiger partial charge in [0.2, 0.25) is 0 Å². The quantitative estimate of drug-likeness (QED) is 0.791. The minimum Gasteiger partial charge on any atom is -0.334 e. The Kier molecular flexibility index (Phi) is 3.37. The van der Waals surface area contributed by atoms with E-state index in [0.717, 1.165) is 42.4 Å². The van der Waals surface area contributed by atoms with Crippen LogP contribution < -0.4 is 0 Å². The fourth-order valence-corrected chi connectivity index (χ4v) is 3.40. The van der Waals surface area contributed by atoms with Crippen molar-refractivity contribution in [3.63, 3.8) is 0 Å². The lowest BCUT2D eigenvalue weighted by Crippen LogP contribution is -2.38. The zero-order valence-corrected chi connectivity index (χ0v) is 13.1. The lowest BCUT2D eigenvalue weighted by Gasteiger charge is -2.35. The summed E-state index contributed by atoms with van der Waals surface area (Å²) in [6, 6.07) is 5.85. The van der Waals surface area contributed by atoms with Crippen LogP contribution in [0.1, 0.15) is 41.2 Å². The highest BCUT2D eigenvalue weighted by Crippen LogP contribution is 2.31. The van der Waals surface area contributed by atoms with Gasteiger partial charge in [0.15, 0.2) is 0 Å². The number of fused-ring (bicyclic) bond motifs is 1. The Morgan fingerprint density at radius 2 is 2.26 bits per heavy atom. The number of piperidine rings is 1. The number of rotatable bonds is 2. The average Bonchev–Trinajstić information content (AvgIpc) is 3.24. The number of benzene rings is 1. The van der Waals surface area contributed by atoms with Gasteiger partial charge in [0.05, 0.1) is 29.6 Å². The van der Waals surface area contributed by atoms with E-state index >= 15 is 0 Å². The second-order valence-corrected chi connectivity index (χ2v) is 6.10. The molecule has 23 heavy (non-hydrogen) atoms. The van der Waals surface area contributed by atoms with Crippen LogP contribution in [0.25, 0.3) is 11.0 Å². The van der Waals surface area contributed by atoms with Crippen molar-refractivity contribution in [2.45, 2.75) is 25.3 Å². The number of aromatic nitrogens is 4. The number of hydrogen-bond donors (Lipinski definition) is 1. The van der Waals surface area contributed by atoms with Gasteiger partial charge in [0.25, 0.3) is 5.91 Å². The van der Waals surface area contributed by atoms with Crippen molar-refractivity contribution in [2.24, 2.45) is 7.05 Å². The van der Waals surface area contributed by atoms with Crippen molar-refractivity contribution in [1.29, 1.82) is 0 Å². The third kappa shape index (κ3) is 2.40. The maximum Gasteiger partial charge on any atom is 0.254 e. The van der Waals surface area contributed by atoms with E-state index in [0.29, 0.717) is 5.56 Å². The molecule has 6 nitrogen and oxygen atoms in total. The Morgan fingerprint density at radius 3 is 3.09 bits per heavy atom. The summed E-state index contributed by atoms with van der Waals surface area (Å²) in [5, 5.41) is 6.88. The Morgan fingerprint density at radius 1 is 1.35 bits per heavy atom. The zero-order chi connectivity index (χ0) is 15.8. The number of imidazole rings is 1. The smallest absolute Gasteiger partial charge is 0.254 e. The SMILES string of the molecule is Cn1cnc2cc(C(=O)N3CCCCC3c3cn[nH]c3)ccc21. The molecule has 1 amide bonds. The van der Waals surface area contributed by atoms with E-state index in [4.69, 9.17) is 0 Å². The summed E-state index contributed by atoms with van der Waals surface area (Å²) in [4.78, 5) is 19.3. The van der Waals surface area contributed by atoms with Gasteiger partial charge < -0.3 is 9.47 Å². The molecule has 1 atom stereocenters.